The van der Waals surface area contributed by atoms with E-state index in [0.29, 0.717) is 6.04 Å². The van der Waals surface area contributed by atoms with Gasteiger partial charge in [0.1, 0.15) is 0 Å². The molecule has 1 aromatic heterocycles. The Kier molecular flexibility index (Phi) is 3.78. The molecule has 1 saturated carbocycles. The van der Waals surface area contributed by atoms with Crippen LogP contribution >= 0.6 is 23.3 Å². The molecule has 0 spiro atoms. The molecule has 2 rings (SSSR count). The van der Waals surface area contributed by atoms with E-state index in [9.17, 15) is 0 Å². The SMILES string of the molecule is CSC1CCC(NCc2csnn2)C1. The third-order valence-electron chi connectivity index (χ3n) is 2.69. The topological polar surface area (TPSA) is 37.8 Å². The maximum atomic E-state index is 4.02. The van der Waals surface area contributed by atoms with Crippen molar-refractivity contribution in [2.45, 2.75) is 37.1 Å². The van der Waals surface area contributed by atoms with E-state index in [1.54, 1.807) is 0 Å². The summed E-state index contributed by atoms with van der Waals surface area (Å²) in [5.41, 5.74) is 1.07. The van der Waals surface area contributed by atoms with E-state index >= 15 is 0 Å². The van der Waals surface area contributed by atoms with Gasteiger partial charge >= 0.3 is 0 Å². The predicted octanol–water partition coefficient (Wildman–Crippen LogP) is 1.91. The fraction of sp³-hybridized carbons (Fsp3) is 0.778. The second-order valence-corrected chi connectivity index (χ2v) is 5.39. The number of aromatic nitrogens is 2. The molecule has 0 saturated heterocycles. The van der Waals surface area contributed by atoms with Crippen LogP contribution in [-0.4, -0.2) is 27.1 Å². The molecule has 0 radical (unpaired) electrons. The molecular formula is C9H15N3S2. The molecule has 0 amide bonds. The Morgan fingerprint density at radius 3 is 3.21 bits per heavy atom. The minimum absolute atomic E-state index is 0.689. The second-order valence-electron chi connectivity index (χ2n) is 3.64. The Balaban J connectivity index is 1.72. The molecule has 78 valence electrons. The van der Waals surface area contributed by atoms with Crippen LogP contribution in [0.3, 0.4) is 0 Å². The zero-order valence-electron chi connectivity index (χ0n) is 8.27. The van der Waals surface area contributed by atoms with Gasteiger partial charge in [-0.25, -0.2) is 0 Å². The summed E-state index contributed by atoms with van der Waals surface area (Å²) >= 11 is 3.42. The molecule has 1 aliphatic carbocycles. The minimum Gasteiger partial charge on any atom is -0.308 e. The van der Waals surface area contributed by atoms with Crippen LogP contribution in [0.4, 0.5) is 0 Å². The predicted molar refractivity (Wildman–Crippen MR) is 61.7 cm³/mol. The summed E-state index contributed by atoms with van der Waals surface area (Å²) < 4.78 is 3.85. The average molecular weight is 229 g/mol. The molecule has 0 bridgehead atoms. The van der Waals surface area contributed by atoms with Gasteiger partial charge in [-0.15, -0.1) is 5.10 Å². The lowest BCUT2D eigenvalue weighted by molar-refractivity contribution is 0.520. The van der Waals surface area contributed by atoms with Crippen molar-refractivity contribution in [1.82, 2.24) is 14.9 Å². The highest BCUT2D eigenvalue weighted by atomic mass is 32.2. The highest BCUT2D eigenvalue weighted by Gasteiger charge is 2.23. The van der Waals surface area contributed by atoms with Crippen molar-refractivity contribution in [2.24, 2.45) is 0 Å². The smallest absolute Gasteiger partial charge is 0.0893 e. The Labute approximate surface area is 92.8 Å². The molecule has 0 aromatic carbocycles. The maximum absolute atomic E-state index is 4.02. The summed E-state index contributed by atoms with van der Waals surface area (Å²) in [6.07, 6.45) is 6.17. The fourth-order valence-electron chi connectivity index (χ4n) is 1.85. The first-order chi connectivity index (χ1) is 6.88. The van der Waals surface area contributed by atoms with Gasteiger partial charge in [0.2, 0.25) is 0 Å². The van der Waals surface area contributed by atoms with Crippen molar-refractivity contribution >= 4 is 23.3 Å². The van der Waals surface area contributed by atoms with Crippen LogP contribution in [0.15, 0.2) is 5.38 Å². The van der Waals surface area contributed by atoms with Gasteiger partial charge in [-0.05, 0) is 37.1 Å². The number of rotatable bonds is 4. The van der Waals surface area contributed by atoms with E-state index in [4.69, 9.17) is 0 Å². The highest BCUT2D eigenvalue weighted by molar-refractivity contribution is 7.99. The van der Waals surface area contributed by atoms with Gasteiger partial charge in [0.05, 0.1) is 5.69 Å². The Bertz CT molecular complexity index is 263. The molecule has 5 heteroatoms. The summed E-state index contributed by atoms with van der Waals surface area (Å²) in [6.45, 7) is 0.877. The standard InChI is InChI=1S/C9H15N3S2/c1-13-9-3-2-7(4-9)10-5-8-6-14-12-11-8/h6-7,9-10H,2-5H2,1H3. The van der Waals surface area contributed by atoms with E-state index in [0.717, 1.165) is 17.5 Å². The van der Waals surface area contributed by atoms with Crippen molar-refractivity contribution in [1.29, 1.82) is 0 Å². The van der Waals surface area contributed by atoms with Crippen LogP contribution in [0.1, 0.15) is 25.0 Å². The van der Waals surface area contributed by atoms with Gasteiger partial charge in [0, 0.05) is 23.2 Å². The maximum Gasteiger partial charge on any atom is 0.0893 e. The third kappa shape index (κ3) is 2.68. The van der Waals surface area contributed by atoms with Crippen LogP contribution in [0.2, 0.25) is 0 Å². The zero-order chi connectivity index (χ0) is 9.80. The van der Waals surface area contributed by atoms with Crippen molar-refractivity contribution in [3.63, 3.8) is 0 Å². The van der Waals surface area contributed by atoms with Crippen molar-refractivity contribution in [2.75, 3.05) is 6.26 Å². The molecule has 2 atom stereocenters. The number of hydrogen-bond acceptors (Lipinski definition) is 5. The molecular weight excluding hydrogens is 214 g/mol. The molecule has 1 heterocycles. The average Bonchev–Trinajstić information content (AvgIpc) is 2.86. The van der Waals surface area contributed by atoms with Crippen LogP contribution in [-0.2, 0) is 6.54 Å². The van der Waals surface area contributed by atoms with Crippen LogP contribution in [0, 0.1) is 0 Å². The van der Waals surface area contributed by atoms with Gasteiger partial charge in [0.15, 0.2) is 0 Å². The first-order valence-electron chi connectivity index (χ1n) is 4.90. The Morgan fingerprint density at radius 1 is 1.64 bits per heavy atom. The summed E-state index contributed by atoms with van der Waals surface area (Å²) in [5.74, 6) is 0. The van der Waals surface area contributed by atoms with Crippen molar-refractivity contribution in [3.8, 4) is 0 Å². The summed E-state index contributed by atoms with van der Waals surface area (Å²) in [4.78, 5) is 0. The van der Waals surface area contributed by atoms with E-state index in [2.05, 4.69) is 21.2 Å². The fourth-order valence-corrected chi connectivity index (χ4v) is 3.10. The molecule has 14 heavy (non-hydrogen) atoms. The molecule has 3 nitrogen and oxygen atoms in total. The molecule has 1 fully saturated rings. The van der Waals surface area contributed by atoms with E-state index in [-0.39, 0.29) is 0 Å². The largest absolute Gasteiger partial charge is 0.308 e. The summed E-state index contributed by atoms with van der Waals surface area (Å²) in [6, 6.07) is 0.689. The first-order valence-corrected chi connectivity index (χ1v) is 7.03. The summed E-state index contributed by atoms with van der Waals surface area (Å²) in [5, 5.41) is 10.4. The normalized spacial score (nSPS) is 26.9. The Morgan fingerprint density at radius 2 is 2.57 bits per heavy atom. The molecule has 1 N–H and O–H groups in total. The van der Waals surface area contributed by atoms with E-state index in [1.807, 2.05) is 17.1 Å². The minimum atomic E-state index is 0.689. The summed E-state index contributed by atoms with van der Waals surface area (Å²) in [7, 11) is 0. The van der Waals surface area contributed by atoms with Crippen LogP contribution < -0.4 is 5.32 Å². The lowest BCUT2D eigenvalue weighted by Crippen LogP contribution is -2.26. The van der Waals surface area contributed by atoms with Crippen molar-refractivity contribution in [3.05, 3.63) is 11.1 Å². The van der Waals surface area contributed by atoms with Gasteiger partial charge in [-0.1, -0.05) is 4.49 Å². The number of thioether (sulfide) groups is 1. The van der Waals surface area contributed by atoms with E-state index < -0.39 is 0 Å². The third-order valence-corrected chi connectivity index (χ3v) is 4.34. The molecule has 0 aliphatic heterocycles. The first kappa shape index (κ1) is 10.4. The van der Waals surface area contributed by atoms with Gasteiger partial charge < -0.3 is 5.32 Å². The highest BCUT2D eigenvalue weighted by Crippen LogP contribution is 2.28. The number of nitrogens with one attached hydrogen (secondary N) is 1. The lowest BCUT2D eigenvalue weighted by Gasteiger charge is -2.10. The lowest BCUT2D eigenvalue weighted by atomic mass is 10.2. The number of nitrogens with zero attached hydrogens (tertiary/aromatic N) is 2. The zero-order valence-corrected chi connectivity index (χ0v) is 9.90. The second kappa shape index (κ2) is 5.09. The van der Waals surface area contributed by atoms with Crippen molar-refractivity contribution < 1.29 is 0 Å². The molecule has 1 aromatic rings. The van der Waals surface area contributed by atoms with Gasteiger partial charge in [0.25, 0.3) is 0 Å². The number of hydrogen-bond donors (Lipinski definition) is 1. The molecule has 2 unspecified atom stereocenters. The Hall–Kier alpha value is -0.130. The quantitative estimate of drug-likeness (QED) is 0.856. The monoisotopic (exact) mass is 229 g/mol. The molecule has 1 aliphatic rings. The van der Waals surface area contributed by atoms with Crippen LogP contribution in [0.5, 0.6) is 0 Å². The van der Waals surface area contributed by atoms with Crippen LogP contribution in [0.25, 0.3) is 0 Å². The van der Waals surface area contributed by atoms with Gasteiger partial charge in [-0.3, -0.25) is 0 Å². The van der Waals surface area contributed by atoms with E-state index in [1.165, 1.54) is 30.8 Å². The van der Waals surface area contributed by atoms with Gasteiger partial charge in [-0.2, -0.15) is 11.8 Å².